The molecule has 1 amide bonds. The summed E-state index contributed by atoms with van der Waals surface area (Å²) in [6.45, 7) is 2.85. The summed E-state index contributed by atoms with van der Waals surface area (Å²) in [4.78, 5) is 14.1. The van der Waals surface area contributed by atoms with Crippen molar-refractivity contribution in [3.8, 4) is 0 Å². The van der Waals surface area contributed by atoms with Crippen molar-refractivity contribution in [1.82, 2.24) is 4.90 Å². The van der Waals surface area contributed by atoms with E-state index in [0.29, 0.717) is 16.3 Å². The maximum Gasteiger partial charge on any atom is 0.226 e. The lowest BCUT2D eigenvalue weighted by molar-refractivity contribution is -0.129. The second-order valence-corrected chi connectivity index (χ2v) is 6.19. The van der Waals surface area contributed by atoms with Gasteiger partial charge in [0, 0.05) is 23.4 Å². The summed E-state index contributed by atoms with van der Waals surface area (Å²) in [6.07, 6.45) is 1.37. The van der Waals surface area contributed by atoms with Crippen molar-refractivity contribution < 1.29 is 4.79 Å². The first-order chi connectivity index (χ1) is 7.99. The summed E-state index contributed by atoms with van der Waals surface area (Å²) < 4.78 is 0. The Morgan fingerprint density at radius 1 is 1.53 bits per heavy atom. The highest BCUT2D eigenvalue weighted by molar-refractivity contribution is 9.09. The lowest BCUT2D eigenvalue weighted by Crippen LogP contribution is -2.30. The Balaban J connectivity index is 2.48. The van der Waals surface area contributed by atoms with Gasteiger partial charge < -0.3 is 4.90 Å². The third kappa shape index (κ3) is 5.55. The van der Waals surface area contributed by atoms with E-state index in [1.807, 2.05) is 31.3 Å². The third-order valence-corrected chi connectivity index (χ3v) is 3.23. The molecule has 1 rings (SSSR count). The van der Waals surface area contributed by atoms with E-state index in [1.165, 1.54) is 0 Å². The van der Waals surface area contributed by atoms with Crippen molar-refractivity contribution in [3.05, 3.63) is 34.9 Å². The maximum atomic E-state index is 11.9. The van der Waals surface area contributed by atoms with E-state index in [9.17, 15) is 4.79 Å². The van der Waals surface area contributed by atoms with Crippen molar-refractivity contribution >= 4 is 33.4 Å². The summed E-state index contributed by atoms with van der Waals surface area (Å²) >= 11 is 9.35. The van der Waals surface area contributed by atoms with Gasteiger partial charge in [-0.2, -0.15) is 0 Å². The molecular weight excluding hydrogens is 302 g/mol. The number of carbonyl (C=O) groups is 1. The Bertz CT molecular complexity index is 381. The van der Waals surface area contributed by atoms with Gasteiger partial charge >= 0.3 is 0 Å². The van der Waals surface area contributed by atoms with Crippen LogP contribution >= 0.6 is 27.5 Å². The molecule has 0 aliphatic heterocycles. The number of benzene rings is 1. The Morgan fingerprint density at radius 3 is 2.82 bits per heavy atom. The summed E-state index contributed by atoms with van der Waals surface area (Å²) in [5.74, 6) is 0.125. The molecule has 0 aliphatic carbocycles. The minimum Gasteiger partial charge on any atom is -0.345 e. The molecule has 0 saturated carbocycles. The smallest absolute Gasteiger partial charge is 0.226 e. The molecule has 1 atom stereocenters. The highest BCUT2D eigenvalue weighted by Crippen LogP contribution is 2.12. The van der Waals surface area contributed by atoms with Gasteiger partial charge in [0.25, 0.3) is 0 Å². The average Bonchev–Trinajstić information content (AvgIpc) is 2.25. The molecule has 0 N–H and O–H groups in total. The first-order valence-corrected chi connectivity index (χ1v) is 6.91. The van der Waals surface area contributed by atoms with Crippen LogP contribution in [0.2, 0.25) is 5.02 Å². The first-order valence-electron chi connectivity index (χ1n) is 5.61. The molecule has 17 heavy (non-hydrogen) atoms. The van der Waals surface area contributed by atoms with Crippen molar-refractivity contribution in [1.29, 1.82) is 0 Å². The van der Waals surface area contributed by atoms with E-state index in [1.54, 1.807) is 4.90 Å². The Labute approximate surface area is 116 Å². The highest BCUT2D eigenvalue weighted by Gasteiger charge is 2.10. The summed E-state index contributed by atoms with van der Waals surface area (Å²) in [7, 11) is 1.84. The van der Waals surface area contributed by atoms with E-state index in [4.69, 9.17) is 11.6 Å². The van der Waals surface area contributed by atoms with Crippen LogP contribution in [0, 0.1) is 0 Å². The molecule has 0 aliphatic rings. The molecule has 94 valence electrons. The van der Waals surface area contributed by atoms with Crippen molar-refractivity contribution in [2.75, 3.05) is 13.6 Å². The quantitative estimate of drug-likeness (QED) is 0.761. The van der Waals surface area contributed by atoms with Gasteiger partial charge in [0.15, 0.2) is 0 Å². The monoisotopic (exact) mass is 317 g/mol. The van der Waals surface area contributed by atoms with Gasteiger partial charge in [-0.05, 0) is 24.1 Å². The number of halogens is 2. The molecule has 0 spiro atoms. The predicted molar refractivity (Wildman–Crippen MR) is 75.8 cm³/mol. The van der Waals surface area contributed by atoms with Crippen LogP contribution in [0.5, 0.6) is 0 Å². The van der Waals surface area contributed by atoms with Gasteiger partial charge in [0.05, 0.1) is 6.42 Å². The fourth-order valence-electron chi connectivity index (χ4n) is 1.45. The van der Waals surface area contributed by atoms with E-state index in [2.05, 4.69) is 22.9 Å². The molecule has 1 aromatic carbocycles. The lowest BCUT2D eigenvalue weighted by atomic mass is 10.1. The minimum absolute atomic E-state index is 0.125. The molecule has 0 radical (unpaired) electrons. The number of likely N-dealkylation sites (N-methyl/N-ethyl adjacent to an activating group) is 1. The van der Waals surface area contributed by atoms with Crippen LogP contribution in [-0.4, -0.2) is 29.2 Å². The molecule has 2 nitrogen and oxygen atoms in total. The number of amides is 1. The zero-order valence-electron chi connectivity index (χ0n) is 10.1. The second kappa shape index (κ2) is 7.02. The van der Waals surface area contributed by atoms with Crippen molar-refractivity contribution in [2.24, 2.45) is 0 Å². The number of hydrogen-bond donors (Lipinski definition) is 0. The van der Waals surface area contributed by atoms with Crippen LogP contribution in [0.1, 0.15) is 18.9 Å². The number of alkyl halides is 1. The SMILES string of the molecule is CC(Br)CCN(C)C(=O)Cc1cccc(Cl)c1. The largest absolute Gasteiger partial charge is 0.345 e. The fourth-order valence-corrected chi connectivity index (χ4v) is 1.87. The van der Waals surface area contributed by atoms with E-state index in [0.717, 1.165) is 18.5 Å². The molecule has 0 saturated heterocycles. The van der Waals surface area contributed by atoms with Gasteiger partial charge in [0.2, 0.25) is 5.91 Å². The first kappa shape index (κ1) is 14.5. The van der Waals surface area contributed by atoms with E-state index >= 15 is 0 Å². The number of hydrogen-bond acceptors (Lipinski definition) is 1. The van der Waals surface area contributed by atoms with Gasteiger partial charge in [-0.3, -0.25) is 4.79 Å². The van der Waals surface area contributed by atoms with Gasteiger partial charge in [0.1, 0.15) is 0 Å². The Hall–Kier alpha value is -0.540. The molecule has 1 unspecified atom stereocenters. The van der Waals surface area contributed by atoms with E-state index < -0.39 is 0 Å². The lowest BCUT2D eigenvalue weighted by Gasteiger charge is -2.18. The molecule has 0 bridgehead atoms. The predicted octanol–water partition coefficient (Wildman–Crippen LogP) is 3.51. The van der Waals surface area contributed by atoms with Gasteiger partial charge in [-0.25, -0.2) is 0 Å². The van der Waals surface area contributed by atoms with Crippen LogP contribution in [0.15, 0.2) is 24.3 Å². The van der Waals surface area contributed by atoms with Crippen LogP contribution in [-0.2, 0) is 11.2 Å². The highest BCUT2D eigenvalue weighted by atomic mass is 79.9. The molecule has 0 heterocycles. The molecule has 1 aromatic rings. The van der Waals surface area contributed by atoms with Gasteiger partial charge in [-0.15, -0.1) is 0 Å². The number of nitrogens with zero attached hydrogens (tertiary/aromatic N) is 1. The molecule has 0 fully saturated rings. The third-order valence-electron chi connectivity index (χ3n) is 2.53. The number of carbonyl (C=O) groups excluding carboxylic acids is 1. The summed E-state index contributed by atoms with van der Waals surface area (Å²) in [6, 6.07) is 7.43. The Morgan fingerprint density at radius 2 is 2.24 bits per heavy atom. The standard InChI is InChI=1S/C13H17BrClNO/c1-10(14)6-7-16(2)13(17)9-11-4-3-5-12(15)8-11/h3-5,8,10H,6-7,9H2,1-2H3. The second-order valence-electron chi connectivity index (χ2n) is 4.19. The summed E-state index contributed by atoms with van der Waals surface area (Å²) in [5.41, 5.74) is 0.959. The van der Waals surface area contributed by atoms with Crippen LogP contribution in [0.4, 0.5) is 0 Å². The van der Waals surface area contributed by atoms with Crippen LogP contribution in [0.25, 0.3) is 0 Å². The van der Waals surface area contributed by atoms with Crippen molar-refractivity contribution in [2.45, 2.75) is 24.6 Å². The Kier molecular flexibility index (Phi) is 6.00. The topological polar surface area (TPSA) is 20.3 Å². The van der Waals surface area contributed by atoms with E-state index in [-0.39, 0.29) is 5.91 Å². The van der Waals surface area contributed by atoms with Crippen molar-refractivity contribution in [3.63, 3.8) is 0 Å². The minimum atomic E-state index is 0.125. The number of rotatable bonds is 5. The fraction of sp³-hybridized carbons (Fsp3) is 0.462. The van der Waals surface area contributed by atoms with Crippen LogP contribution in [0.3, 0.4) is 0 Å². The molecule has 4 heteroatoms. The zero-order valence-corrected chi connectivity index (χ0v) is 12.5. The normalized spacial score (nSPS) is 12.2. The molecule has 0 aromatic heterocycles. The average molecular weight is 319 g/mol. The zero-order chi connectivity index (χ0) is 12.8. The molecular formula is C13H17BrClNO. The van der Waals surface area contributed by atoms with Crippen LogP contribution < -0.4 is 0 Å². The van der Waals surface area contributed by atoms with Gasteiger partial charge in [-0.1, -0.05) is 46.6 Å². The summed E-state index contributed by atoms with van der Waals surface area (Å²) in [5, 5.41) is 0.673. The maximum absolute atomic E-state index is 11.9.